The Balaban J connectivity index is 1.32. The van der Waals surface area contributed by atoms with E-state index < -0.39 is 58.7 Å². The molecular weight excluding hydrogens is 606 g/mol. The molecule has 1 heterocycles. The second-order valence-corrected chi connectivity index (χ2v) is 13.5. The molecule has 250 valence electrons. The second-order valence-electron chi connectivity index (χ2n) is 13.5. The highest BCUT2D eigenvalue weighted by molar-refractivity contribution is 6.25. The zero-order chi connectivity index (χ0) is 33.9. The van der Waals surface area contributed by atoms with Gasteiger partial charge in [0.1, 0.15) is 17.4 Å². The van der Waals surface area contributed by atoms with Crippen LogP contribution in [0.3, 0.4) is 0 Å². The number of phenols is 1. The van der Waals surface area contributed by atoms with E-state index in [1.54, 1.807) is 25.1 Å². The van der Waals surface area contributed by atoms with Crippen molar-refractivity contribution in [2.24, 2.45) is 29.4 Å². The number of esters is 1. The molecule has 0 aromatic heterocycles. The van der Waals surface area contributed by atoms with Crippen molar-refractivity contribution in [3.63, 3.8) is 0 Å². The summed E-state index contributed by atoms with van der Waals surface area (Å²) >= 11 is 0. The van der Waals surface area contributed by atoms with Gasteiger partial charge in [-0.2, -0.15) is 0 Å². The Morgan fingerprint density at radius 3 is 2.32 bits per heavy atom. The van der Waals surface area contributed by atoms with E-state index in [0.717, 1.165) is 49.2 Å². The van der Waals surface area contributed by atoms with Crippen LogP contribution in [0.15, 0.2) is 42.0 Å². The maximum atomic E-state index is 14.1. The highest BCUT2D eigenvalue weighted by Crippen LogP contribution is 2.53. The largest absolute Gasteiger partial charge is 0.507 e. The summed E-state index contributed by atoms with van der Waals surface area (Å²) in [6.07, 6.45) is 0.232. The fourth-order valence-electron chi connectivity index (χ4n) is 8.42. The van der Waals surface area contributed by atoms with Crippen molar-refractivity contribution in [2.45, 2.75) is 50.0 Å². The smallest absolute Gasteiger partial charge is 0.308 e. The Hall–Kier alpha value is -4.10. The first-order chi connectivity index (χ1) is 22.3. The molecule has 47 heavy (non-hydrogen) atoms. The minimum atomic E-state index is -2.69. The summed E-state index contributed by atoms with van der Waals surface area (Å²) in [5.41, 5.74) is 5.93. The number of carbonyl (C=O) groups is 4. The number of Topliss-reactive ketones (excluding diaryl/α,β-unsaturated/α-hetero) is 2. The van der Waals surface area contributed by atoms with Crippen molar-refractivity contribution in [1.29, 1.82) is 0 Å². The molecule has 1 aliphatic heterocycles. The molecule has 1 amide bonds. The summed E-state index contributed by atoms with van der Waals surface area (Å²) in [5.74, 6) is -7.90. The van der Waals surface area contributed by atoms with Gasteiger partial charge in [-0.3, -0.25) is 24.1 Å². The summed E-state index contributed by atoms with van der Waals surface area (Å²) in [5, 5.41) is 45.4. The van der Waals surface area contributed by atoms with Crippen molar-refractivity contribution >= 4 is 29.2 Å². The highest BCUT2D eigenvalue weighted by Gasteiger charge is 2.67. The molecular formula is C35H41N3O9. The van der Waals surface area contributed by atoms with Crippen LogP contribution in [0.2, 0.25) is 0 Å². The predicted molar refractivity (Wildman–Crippen MR) is 170 cm³/mol. The molecule has 0 bridgehead atoms. The molecule has 0 spiro atoms. The van der Waals surface area contributed by atoms with Gasteiger partial charge in [0.15, 0.2) is 11.4 Å². The van der Waals surface area contributed by atoms with Crippen LogP contribution in [0, 0.1) is 23.7 Å². The number of benzene rings is 2. The summed E-state index contributed by atoms with van der Waals surface area (Å²) in [6.45, 7) is 2.30. The van der Waals surface area contributed by atoms with Crippen molar-refractivity contribution in [3.8, 4) is 16.9 Å². The van der Waals surface area contributed by atoms with Gasteiger partial charge in [0.25, 0.3) is 0 Å². The SMILES string of the molecule is COC(=O)C1CCN(Cc2ccc(-c3ccc(O)c4c3C[C@@H]3C[C@@H]5[C@@H](N(C)C)C(O)C(C(N)=O)C(=O)[C@]5(O)C(=O)C3=C4O)cc2)CC1. The number of hydrogen-bond acceptors (Lipinski definition) is 11. The number of hydrogen-bond donors (Lipinski definition) is 5. The van der Waals surface area contributed by atoms with Crippen molar-refractivity contribution < 1.29 is 44.3 Å². The molecule has 6 atom stereocenters. The maximum absolute atomic E-state index is 14.1. The molecule has 0 radical (unpaired) electrons. The lowest BCUT2D eigenvalue weighted by molar-refractivity contribution is -0.184. The monoisotopic (exact) mass is 647 g/mol. The number of phenolic OH excluding ortho intramolecular Hbond substituents is 1. The van der Waals surface area contributed by atoms with Gasteiger partial charge in [0.2, 0.25) is 11.7 Å². The number of aliphatic hydroxyl groups excluding tert-OH is 2. The van der Waals surface area contributed by atoms with Crippen LogP contribution in [0.25, 0.3) is 16.9 Å². The number of nitrogens with two attached hydrogens (primary N) is 1. The predicted octanol–water partition coefficient (Wildman–Crippen LogP) is 1.18. The van der Waals surface area contributed by atoms with E-state index in [1.807, 2.05) is 24.3 Å². The average Bonchev–Trinajstić information content (AvgIpc) is 3.03. The van der Waals surface area contributed by atoms with Gasteiger partial charge >= 0.3 is 5.97 Å². The Morgan fingerprint density at radius 1 is 1.06 bits per heavy atom. The molecule has 2 unspecified atom stereocenters. The highest BCUT2D eigenvalue weighted by atomic mass is 16.5. The van der Waals surface area contributed by atoms with Gasteiger partial charge in [0, 0.05) is 24.1 Å². The van der Waals surface area contributed by atoms with E-state index in [9.17, 15) is 39.6 Å². The van der Waals surface area contributed by atoms with Crippen molar-refractivity contribution in [3.05, 3.63) is 58.7 Å². The second kappa shape index (κ2) is 12.2. The first-order valence-electron chi connectivity index (χ1n) is 15.9. The number of aromatic hydroxyl groups is 1. The first-order valence-corrected chi connectivity index (χ1v) is 15.9. The lowest BCUT2D eigenvalue weighted by atomic mass is 9.54. The molecule has 2 saturated carbocycles. The number of carbonyl (C=O) groups excluding carboxylic acids is 4. The molecule has 1 saturated heterocycles. The number of ketones is 2. The fraction of sp³-hybridized carbons (Fsp3) is 0.486. The number of rotatable bonds is 6. The fourth-order valence-corrected chi connectivity index (χ4v) is 8.42. The molecule has 2 aromatic carbocycles. The van der Waals surface area contributed by atoms with Crippen LogP contribution in [0.5, 0.6) is 5.75 Å². The standard InChI is InChI=1S/C35H41N3O9/c1-37(2)28-23-15-20-14-22-21(18-6-4-17(5-7-18)16-38-12-10-19(11-13-38)34(45)47-3)8-9-24(39)26(22)29(40)25(20)31(42)35(23,46)32(43)27(30(28)41)33(36)44/h4-9,19-20,23,27-28,30,39-41,46H,10-16H2,1-3H3,(H2,36,44)/t20-,23-,27?,28-,30?,35-/m1/s1. The number of primary amides is 1. The Labute approximate surface area is 272 Å². The van der Waals surface area contributed by atoms with Gasteiger partial charge in [-0.25, -0.2) is 0 Å². The van der Waals surface area contributed by atoms with Crippen molar-refractivity contribution in [2.75, 3.05) is 34.3 Å². The normalized spacial score (nSPS) is 29.7. The van der Waals surface area contributed by atoms with Crippen LogP contribution in [-0.4, -0.2) is 106 Å². The molecule has 12 nitrogen and oxygen atoms in total. The van der Waals surface area contributed by atoms with Gasteiger partial charge in [-0.05, 0) is 87.1 Å². The Kier molecular flexibility index (Phi) is 8.50. The topological polar surface area (TPSA) is 191 Å². The number of aliphatic hydroxyl groups is 3. The third-order valence-electron chi connectivity index (χ3n) is 10.8. The maximum Gasteiger partial charge on any atom is 0.308 e. The zero-order valence-electron chi connectivity index (χ0n) is 26.7. The molecule has 6 rings (SSSR count). The zero-order valence-corrected chi connectivity index (χ0v) is 26.7. The van der Waals surface area contributed by atoms with E-state index in [2.05, 4.69) is 4.90 Å². The lowest BCUT2D eigenvalue weighted by Gasteiger charge is -2.53. The van der Waals surface area contributed by atoms with Crippen LogP contribution < -0.4 is 5.73 Å². The molecule has 2 aromatic rings. The van der Waals surface area contributed by atoms with E-state index in [0.29, 0.717) is 5.56 Å². The van der Waals surface area contributed by atoms with E-state index >= 15 is 0 Å². The van der Waals surface area contributed by atoms with E-state index in [1.165, 1.54) is 13.2 Å². The minimum absolute atomic E-state index is 0.0545. The van der Waals surface area contributed by atoms with Crippen LogP contribution in [0.1, 0.15) is 36.0 Å². The average molecular weight is 648 g/mol. The summed E-state index contributed by atoms with van der Waals surface area (Å²) in [4.78, 5) is 55.6. The Bertz CT molecular complexity index is 1660. The minimum Gasteiger partial charge on any atom is -0.507 e. The van der Waals surface area contributed by atoms with Gasteiger partial charge in [-0.15, -0.1) is 0 Å². The number of amides is 1. The first kappa shape index (κ1) is 32.8. The third-order valence-corrected chi connectivity index (χ3v) is 10.8. The summed E-state index contributed by atoms with van der Waals surface area (Å²) in [7, 11) is 4.66. The quantitative estimate of drug-likeness (QED) is 0.224. The molecule has 6 N–H and O–H groups in total. The number of ether oxygens (including phenoxy) is 1. The van der Waals surface area contributed by atoms with Crippen LogP contribution in [-0.2, 0) is 36.9 Å². The van der Waals surface area contributed by atoms with E-state index in [4.69, 9.17) is 10.5 Å². The number of likely N-dealkylation sites (tertiary alicyclic amines) is 1. The number of fused-ring (bicyclic) bond motifs is 3. The lowest BCUT2D eigenvalue weighted by Crippen LogP contribution is -2.73. The van der Waals surface area contributed by atoms with E-state index in [-0.39, 0.29) is 41.6 Å². The molecule has 3 aliphatic carbocycles. The number of likely N-dealkylation sites (N-methyl/N-ethyl adjacent to an activating group) is 1. The third kappa shape index (κ3) is 5.23. The van der Waals surface area contributed by atoms with Gasteiger partial charge < -0.3 is 35.8 Å². The molecule has 3 fully saturated rings. The summed E-state index contributed by atoms with van der Waals surface area (Å²) in [6, 6.07) is 10.2. The Morgan fingerprint density at radius 2 is 1.72 bits per heavy atom. The molecule has 4 aliphatic rings. The summed E-state index contributed by atoms with van der Waals surface area (Å²) < 4.78 is 4.89. The molecule has 12 heteroatoms. The number of methoxy groups -OCH3 is 1. The van der Waals surface area contributed by atoms with Crippen molar-refractivity contribution in [1.82, 2.24) is 9.80 Å². The van der Waals surface area contributed by atoms with Gasteiger partial charge in [0.05, 0.1) is 24.7 Å². The number of nitrogens with zero attached hydrogens (tertiary/aromatic N) is 2. The van der Waals surface area contributed by atoms with Gasteiger partial charge in [-0.1, -0.05) is 30.3 Å². The van der Waals surface area contributed by atoms with Crippen LogP contribution in [0.4, 0.5) is 0 Å². The number of piperidine rings is 1. The van der Waals surface area contributed by atoms with Crippen LogP contribution >= 0.6 is 0 Å².